The minimum absolute atomic E-state index is 0.0936. The van der Waals surface area contributed by atoms with Crippen molar-refractivity contribution in [3.8, 4) is 0 Å². The molecule has 5 heteroatoms. The van der Waals surface area contributed by atoms with Gasteiger partial charge in [0, 0.05) is 6.07 Å². The fourth-order valence-corrected chi connectivity index (χ4v) is 1.64. The second-order valence-electron chi connectivity index (χ2n) is 2.94. The molecule has 0 unspecified atom stereocenters. The van der Waals surface area contributed by atoms with Crippen LogP contribution in [0.1, 0.15) is 10.4 Å². The molecule has 0 aliphatic rings. The molecule has 15 heavy (non-hydrogen) atoms. The maximum Gasteiger partial charge on any atom is 0.179 e. The van der Waals surface area contributed by atoms with Gasteiger partial charge in [0.1, 0.15) is 17.2 Å². The lowest BCUT2D eigenvalue weighted by molar-refractivity contribution is 0.101. The number of Topliss-reactive ketones (excluding diaryl/α,β-unsaturated/α-hetero) is 1. The third kappa shape index (κ3) is 1.56. The first kappa shape index (κ1) is 10.3. The SMILES string of the molecule is O=C(CBr)c1c(F)cc2occc2c1F. The smallest absolute Gasteiger partial charge is 0.179 e. The number of carbonyl (C=O) groups excluding carboxylic acids is 1. The summed E-state index contributed by atoms with van der Waals surface area (Å²) in [6, 6.07) is 2.36. The maximum absolute atomic E-state index is 13.7. The zero-order valence-electron chi connectivity index (χ0n) is 7.39. The normalized spacial score (nSPS) is 10.9. The van der Waals surface area contributed by atoms with Crippen LogP contribution in [-0.4, -0.2) is 11.1 Å². The van der Waals surface area contributed by atoms with Crippen molar-refractivity contribution in [1.29, 1.82) is 0 Å². The molecule has 2 aromatic rings. The van der Waals surface area contributed by atoms with Gasteiger partial charge in [-0.05, 0) is 6.07 Å². The molecule has 2 rings (SSSR count). The molecule has 0 aliphatic heterocycles. The van der Waals surface area contributed by atoms with Gasteiger partial charge in [-0.1, -0.05) is 15.9 Å². The largest absolute Gasteiger partial charge is 0.464 e. The topological polar surface area (TPSA) is 30.2 Å². The molecule has 78 valence electrons. The van der Waals surface area contributed by atoms with E-state index in [0.29, 0.717) is 0 Å². The van der Waals surface area contributed by atoms with Gasteiger partial charge in [-0.15, -0.1) is 0 Å². The average molecular weight is 275 g/mol. The maximum atomic E-state index is 13.7. The molecule has 0 radical (unpaired) electrons. The van der Waals surface area contributed by atoms with E-state index in [0.717, 1.165) is 6.07 Å². The van der Waals surface area contributed by atoms with Gasteiger partial charge in [0.25, 0.3) is 0 Å². The van der Waals surface area contributed by atoms with Crippen LogP contribution in [0, 0.1) is 11.6 Å². The van der Waals surface area contributed by atoms with Gasteiger partial charge in [0.05, 0.1) is 22.5 Å². The Morgan fingerprint density at radius 3 is 2.87 bits per heavy atom. The second-order valence-corrected chi connectivity index (χ2v) is 3.50. The van der Waals surface area contributed by atoms with Crippen LogP contribution in [-0.2, 0) is 0 Å². The average Bonchev–Trinajstić information content (AvgIpc) is 2.65. The minimum atomic E-state index is -0.903. The fourth-order valence-electron chi connectivity index (χ4n) is 1.36. The third-order valence-corrected chi connectivity index (χ3v) is 2.56. The molecule has 0 N–H and O–H groups in total. The second kappa shape index (κ2) is 3.73. The molecule has 1 aromatic carbocycles. The summed E-state index contributed by atoms with van der Waals surface area (Å²) in [6.07, 6.45) is 1.25. The van der Waals surface area contributed by atoms with Crippen LogP contribution in [0.2, 0.25) is 0 Å². The van der Waals surface area contributed by atoms with E-state index >= 15 is 0 Å². The minimum Gasteiger partial charge on any atom is -0.464 e. The fraction of sp³-hybridized carbons (Fsp3) is 0.100. The summed E-state index contributed by atoms with van der Waals surface area (Å²) >= 11 is 2.87. The quantitative estimate of drug-likeness (QED) is 0.621. The van der Waals surface area contributed by atoms with Crippen molar-refractivity contribution in [2.24, 2.45) is 0 Å². The molecule has 0 amide bonds. The zero-order chi connectivity index (χ0) is 11.0. The van der Waals surface area contributed by atoms with Crippen LogP contribution in [0.3, 0.4) is 0 Å². The number of furan rings is 1. The molecule has 0 spiro atoms. The van der Waals surface area contributed by atoms with Crippen molar-refractivity contribution in [2.45, 2.75) is 0 Å². The molecule has 0 saturated carbocycles. The Morgan fingerprint density at radius 1 is 1.47 bits per heavy atom. The number of rotatable bonds is 2. The Labute approximate surface area is 92.0 Å². The first-order valence-corrected chi connectivity index (χ1v) is 5.21. The summed E-state index contributed by atoms with van der Waals surface area (Å²) in [5, 5.41) is -0.00908. The van der Waals surface area contributed by atoms with E-state index in [1.54, 1.807) is 0 Å². The molecule has 1 heterocycles. The van der Waals surface area contributed by atoms with Crippen LogP contribution in [0.5, 0.6) is 0 Å². The molecule has 0 bridgehead atoms. The van der Waals surface area contributed by atoms with Gasteiger partial charge in [0.15, 0.2) is 5.78 Å². The first-order valence-electron chi connectivity index (χ1n) is 4.09. The predicted molar refractivity (Wildman–Crippen MR) is 54.3 cm³/mol. The van der Waals surface area contributed by atoms with Gasteiger partial charge >= 0.3 is 0 Å². The molecular weight excluding hydrogens is 270 g/mol. The predicted octanol–water partition coefficient (Wildman–Crippen LogP) is 3.29. The first-order chi connectivity index (χ1) is 7.15. The molecule has 1 aromatic heterocycles. The van der Waals surface area contributed by atoms with E-state index in [-0.39, 0.29) is 16.3 Å². The van der Waals surface area contributed by atoms with E-state index in [9.17, 15) is 13.6 Å². The highest BCUT2D eigenvalue weighted by atomic mass is 79.9. The van der Waals surface area contributed by atoms with Crippen LogP contribution < -0.4 is 0 Å². The summed E-state index contributed by atoms with van der Waals surface area (Å²) < 4.78 is 31.9. The van der Waals surface area contributed by atoms with Gasteiger partial charge in [-0.25, -0.2) is 8.78 Å². The highest BCUT2D eigenvalue weighted by Gasteiger charge is 2.20. The zero-order valence-corrected chi connectivity index (χ0v) is 8.98. The van der Waals surface area contributed by atoms with E-state index in [4.69, 9.17) is 4.42 Å². The van der Waals surface area contributed by atoms with Crippen molar-refractivity contribution >= 4 is 32.7 Å². The van der Waals surface area contributed by atoms with Gasteiger partial charge in [0.2, 0.25) is 0 Å². The lowest BCUT2D eigenvalue weighted by Gasteiger charge is -2.02. The summed E-state index contributed by atoms with van der Waals surface area (Å²) in [6.45, 7) is 0. The molecule has 0 atom stereocenters. The number of carbonyl (C=O) groups is 1. The van der Waals surface area contributed by atoms with Crippen LogP contribution in [0.4, 0.5) is 8.78 Å². The molecule has 0 saturated heterocycles. The molecule has 0 aliphatic carbocycles. The van der Waals surface area contributed by atoms with Crippen molar-refractivity contribution in [2.75, 3.05) is 5.33 Å². The van der Waals surface area contributed by atoms with E-state index in [2.05, 4.69) is 15.9 Å². The Kier molecular flexibility index (Phi) is 2.56. The van der Waals surface area contributed by atoms with Gasteiger partial charge < -0.3 is 4.42 Å². The standard InChI is InChI=1S/C10H5BrF2O2/c11-4-7(14)9-6(12)3-8-5(10(9)13)1-2-15-8/h1-3H,4H2. The number of hydrogen-bond acceptors (Lipinski definition) is 2. The number of fused-ring (bicyclic) bond motifs is 1. The molecule has 2 nitrogen and oxygen atoms in total. The molecule has 0 fully saturated rings. The monoisotopic (exact) mass is 274 g/mol. The van der Waals surface area contributed by atoms with Gasteiger partial charge in [-0.2, -0.15) is 0 Å². The highest BCUT2D eigenvalue weighted by Crippen LogP contribution is 2.25. The van der Waals surface area contributed by atoms with E-state index in [1.165, 1.54) is 12.3 Å². The summed E-state index contributed by atoms with van der Waals surface area (Å²) in [5.41, 5.74) is -0.433. The Balaban J connectivity index is 2.78. The molecular formula is C10H5BrF2O2. The number of benzene rings is 1. The summed E-state index contributed by atoms with van der Waals surface area (Å²) in [4.78, 5) is 11.3. The van der Waals surface area contributed by atoms with Gasteiger partial charge in [-0.3, -0.25) is 4.79 Å². The Morgan fingerprint density at radius 2 is 2.20 bits per heavy atom. The summed E-state index contributed by atoms with van der Waals surface area (Å²) in [5.74, 6) is -2.41. The van der Waals surface area contributed by atoms with Crippen LogP contribution in [0.25, 0.3) is 11.0 Å². The lowest BCUT2D eigenvalue weighted by Crippen LogP contribution is -2.07. The van der Waals surface area contributed by atoms with Crippen molar-refractivity contribution < 1.29 is 18.0 Å². The summed E-state index contributed by atoms with van der Waals surface area (Å²) in [7, 11) is 0. The number of halogens is 3. The number of ketones is 1. The lowest BCUT2D eigenvalue weighted by atomic mass is 10.1. The Hall–Kier alpha value is -1.23. The van der Waals surface area contributed by atoms with Crippen molar-refractivity contribution in [3.05, 3.63) is 35.6 Å². The van der Waals surface area contributed by atoms with Crippen molar-refractivity contribution in [3.63, 3.8) is 0 Å². The third-order valence-electron chi connectivity index (χ3n) is 2.05. The number of alkyl halides is 1. The van der Waals surface area contributed by atoms with Crippen LogP contribution in [0.15, 0.2) is 22.8 Å². The Bertz CT molecular complexity index is 533. The number of hydrogen-bond donors (Lipinski definition) is 0. The van der Waals surface area contributed by atoms with E-state index in [1.807, 2.05) is 0 Å². The van der Waals surface area contributed by atoms with E-state index < -0.39 is 23.0 Å². The highest BCUT2D eigenvalue weighted by molar-refractivity contribution is 9.09. The van der Waals surface area contributed by atoms with Crippen molar-refractivity contribution in [1.82, 2.24) is 0 Å². The van der Waals surface area contributed by atoms with Crippen LogP contribution >= 0.6 is 15.9 Å².